The van der Waals surface area contributed by atoms with Gasteiger partial charge in [0.25, 0.3) is 0 Å². The number of hydrogen-bond acceptors (Lipinski definition) is 0. The number of benzene rings is 2. The molecule has 0 nitrogen and oxygen atoms in total. The van der Waals surface area contributed by atoms with E-state index in [0.29, 0.717) is 12.0 Å². The second-order valence-electron chi connectivity index (χ2n) is 4.50. The van der Waals surface area contributed by atoms with E-state index in [4.69, 9.17) is 11.6 Å². The first kappa shape index (κ1) is 17.6. The lowest BCUT2D eigenvalue weighted by molar-refractivity contribution is -0.137. The van der Waals surface area contributed by atoms with Crippen LogP contribution in [0.1, 0.15) is 30.5 Å². The Balaban J connectivity index is 0.000000219. The maximum atomic E-state index is 12.1. The first-order valence-corrected chi connectivity index (χ1v) is 7.15. The second kappa shape index (κ2) is 8.08. The van der Waals surface area contributed by atoms with Crippen molar-refractivity contribution in [1.29, 1.82) is 0 Å². The highest BCUT2D eigenvalue weighted by molar-refractivity contribution is 6.31. The molecule has 2 rings (SSSR count). The third-order valence-corrected chi connectivity index (χ3v) is 3.37. The smallest absolute Gasteiger partial charge is 0.166 e. The molecular formula is C17H18ClF3. The predicted molar refractivity (Wildman–Crippen MR) is 81.7 cm³/mol. The van der Waals surface area contributed by atoms with Gasteiger partial charge in [0.1, 0.15) is 0 Å². The highest BCUT2D eigenvalue weighted by Gasteiger charge is 2.30. The second-order valence-corrected chi connectivity index (χ2v) is 4.90. The van der Waals surface area contributed by atoms with E-state index >= 15 is 0 Å². The monoisotopic (exact) mass is 314 g/mol. The molecule has 0 fully saturated rings. The van der Waals surface area contributed by atoms with Crippen LogP contribution in [0, 0.1) is 0 Å². The van der Waals surface area contributed by atoms with Crippen LogP contribution in [0.25, 0.3) is 0 Å². The molecule has 0 atom stereocenters. The molecule has 0 unspecified atom stereocenters. The number of hydrogen-bond donors (Lipinski definition) is 0. The molecule has 0 aromatic heterocycles. The zero-order chi connectivity index (χ0) is 15.9. The minimum Gasteiger partial charge on any atom is -0.166 e. The molecule has 2 aromatic rings. The molecule has 0 aliphatic heterocycles. The maximum absolute atomic E-state index is 12.1. The first-order chi connectivity index (χ1) is 9.88. The van der Waals surface area contributed by atoms with Gasteiger partial charge in [-0.3, -0.25) is 0 Å². The van der Waals surface area contributed by atoms with Crippen LogP contribution in [0.15, 0.2) is 48.5 Å². The van der Waals surface area contributed by atoms with Crippen molar-refractivity contribution in [2.75, 3.05) is 0 Å². The van der Waals surface area contributed by atoms with E-state index < -0.39 is 11.7 Å². The standard InChI is InChI=1S/C9H9F3.C8H9Cl/c1-2-7-4-3-5-8(6-7)9(10,11)12;1-2-7-5-3-4-6-8(7)9/h3-6H,2H2,1H3;3-6H,2H2,1H3. The fourth-order valence-electron chi connectivity index (χ4n) is 1.75. The zero-order valence-electron chi connectivity index (χ0n) is 12.0. The summed E-state index contributed by atoms with van der Waals surface area (Å²) in [6.45, 7) is 3.93. The van der Waals surface area contributed by atoms with E-state index in [9.17, 15) is 13.2 Å². The summed E-state index contributed by atoms with van der Waals surface area (Å²) in [5.74, 6) is 0. The van der Waals surface area contributed by atoms with Gasteiger partial charge in [-0.05, 0) is 36.1 Å². The zero-order valence-corrected chi connectivity index (χ0v) is 12.8. The Morgan fingerprint density at radius 2 is 1.57 bits per heavy atom. The van der Waals surface area contributed by atoms with Crippen molar-refractivity contribution >= 4 is 11.6 Å². The fraction of sp³-hybridized carbons (Fsp3) is 0.294. The molecule has 0 aliphatic carbocycles. The van der Waals surface area contributed by atoms with E-state index in [2.05, 4.69) is 6.92 Å². The summed E-state index contributed by atoms with van der Waals surface area (Å²) >= 11 is 5.82. The topological polar surface area (TPSA) is 0 Å². The number of rotatable bonds is 2. The summed E-state index contributed by atoms with van der Waals surface area (Å²) in [5.41, 5.74) is 1.37. The van der Waals surface area contributed by atoms with Crippen molar-refractivity contribution in [3.8, 4) is 0 Å². The fourth-order valence-corrected chi connectivity index (χ4v) is 2.02. The molecule has 0 amide bonds. The van der Waals surface area contributed by atoms with Gasteiger partial charge in [-0.15, -0.1) is 0 Å². The average molecular weight is 315 g/mol. The third-order valence-electron chi connectivity index (χ3n) is 3.00. The van der Waals surface area contributed by atoms with Crippen molar-refractivity contribution in [3.05, 3.63) is 70.2 Å². The molecule has 21 heavy (non-hydrogen) atoms. The van der Waals surface area contributed by atoms with Crippen molar-refractivity contribution in [2.24, 2.45) is 0 Å². The SMILES string of the molecule is CCc1cccc(C(F)(F)F)c1.CCc1ccccc1Cl. The lowest BCUT2D eigenvalue weighted by atomic mass is 10.1. The third kappa shape index (κ3) is 5.80. The lowest BCUT2D eigenvalue weighted by Gasteiger charge is -2.06. The van der Waals surface area contributed by atoms with Gasteiger partial charge in [0.05, 0.1) is 5.56 Å². The van der Waals surface area contributed by atoms with E-state index in [-0.39, 0.29) is 0 Å². The van der Waals surface area contributed by atoms with E-state index in [1.54, 1.807) is 6.07 Å². The lowest BCUT2D eigenvalue weighted by Crippen LogP contribution is -2.04. The maximum Gasteiger partial charge on any atom is 0.416 e. The molecular weight excluding hydrogens is 297 g/mol. The summed E-state index contributed by atoms with van der Waals surface area (Å²) in [6, 6.07) is 13.3. The Hall–Kier alpha value is -1.48. The van der Waals surface area contributed by atoms with Crippen LogP contribution in [0.2, 0.25) is 5.02 Å². The van der Waals surface area contributed by atoms with Crippen molar-refractivity contribution in [1.82, 2.24) is 0 Å². The Labute approximate surface area is 128 Å². The highest BCUT2D eigenvalue weighted by Crippen LogP contribution is 2.29. The van der Waals surface area contributed by atoms with Crippen LogP contribution in [0.5, 0.6) is 0 Å². The van der Waals surface area contributed by atoms with Crippen LogP contribution in [0.4, 0.5) is 13.2 Å². The number of alkyl halides is 3. The predicted octanol–water partition coefficient (Wildman–Crippen LogP) is 6.17. The van der Waals surface area contributed by atoms with Gasteiger partial charge in [0, 0.05) is 5.02 Å². The van der Waals surface area contributed by atoms with Crippen LogP contribution < -0.4 is 0 Å². The molecule has 0 spiro atoms. The van der Waals surface area contributed by atoms with E-state index in [0.717, 1.165) is 17.5 Å². The van der Waals surface area contributed by atoms with Gasteiger partial charge in [-0.1, -0.05) is 61.8 Å². The minimum atomic E-state index is -4.22. The Morgan fingerprint density at radius 3 is 2.05 bits per heavy atom. The van der Waals surface area contributed by atoms with E-state index in [1.165, 1.54) is 17.7 Å². The van der Waals surface area contributed by atoms with Gasteiger partial charge in [0.2, 0.25) is 0 Å². The summed E-state index contributed by atoms with van der Waals surface area (Å²) in [6.07, 6.45) is -2.57. The van der Waals surface area contributed by atoms with Crippen molar-refractivity contribution in [2.45, 2.75) is 32.9 Å². The first-order valence-electron chi connectivity index (χ1n) is 6.78. The summed E-state index contributed by atoms with van der Waals surface area (Å²) in [5, 5.41) is 0.875. The Morgan fingerprint density at radius 1 is 0.905 bits per heavy atom. The van der Waals surface area contributed by atoms with Gasteiger partial charge in [0.15, 0.2) is 0 Å². The van der Waals surface area contributed by atoms with Gasteiger partial charge < -0.3 is 0 Å². The molecule has 0 bridgehead atoms. The Bertz CT molecular complexity index is 562. The highest BCUT2D eigenvalue weighted by atomic mass is 35.5. The van der Waals surface area contributed by atoms with Crippen LogP contribution in [-0.2, 0) is 19.0 Å². The molecule has 2 aromatic carbocycles. The van der Waals surface area contributed by atoms with Crippen molar-refractivity contribution < 1.29 is 13.2 Å². The molecule has 0 heterocycles. The molecule has 0 radical (unpaired) electrons. The summed E-state index contributed by atoms with van der Waals surface area (Å²) in [4.78, 5) is 0. The molecule has 0 saturated carbocycles. The summed E-state index contributed by atoms with van der Waals surface area (Å²) in [7, 11) is 0. The number of halogens is 4. The normalized spacial score (nSPS) is 10.8. The van der Waals surface area contributed by atoms with Crippen LogP contribution in [0.3, 0.4) is 0 Å². The van der Waals surface area contributed by atoms with Gasteiger partial charge in [-0.2, -0.15) is 13.2 Å². The van der Waals surface area contributed by atoms with Crippen LogP contribution >= 0.6 is 11.6 Å². The number of aryl methyl sites for hydroxylation is 2. The largest absolute Gasteiger partial charge is 0.416 e. The Kier molecular flexibility index (Phi) is 6.76. The quantitative estimate of drug-likeness (QED) is 0.621. The van der Waals surface area contributed by atoms with Crippen molar-refractivity contribution in [3.63, 3.8) is 0 Å². The molecule has 0 aliphatic rings. The van der Waals surface area contributed by atoms with E-state index in [1.807, 2.05) is 31.2 Å². The van der Waals surface area contributed by atoms with Crippen LogP contribution in [-0.4, -0.2) is 0 Å². The molecule has 0 N–H and O–H groups in total. The minimum absolute atomic E-state index is 0.568. The molecule has 0 saturated heterocycles. The molecule has 114 valence electrons. The summed E-state index contributed by atoms with van der Waals surface area (Å²) < 4.78 is 36.3. The van der Waals surface area contributed by atoms with Gasteiger partial charge in [-0.25, -0.2) is 0 Å². The molecule has 4 heteroatoms. The average Bonchev–Trinajstić information content (AvgIpc) is 2.47. The van der Waals surface area contributed by atoms with Gasteiger partial charge >= 0.3 is 6.18 Å².